The summed E-state index contributed by atoms with van der Waals surface area (Å²) in [7, 11) is 0. The molecular formula is C19H23N3O2. The van der Waals surface area contributed by atoms with Gasteiger partial charge in [-0.25, -0.2) is 0 Å². The predicted molar refractivity (Wildman–Crippen MR) is 90.7 cm³/mol. The van der Waals surface area contributed by atoms with Crippen molar-refractivity contribution in [3.63, 3.8) is 0 Å². The van der Waals surface area contributed by atoms with Crippen LogP contribution in [0.15, 0.2) is 42.7 Å². The van der Waals surface area contributed by atoms with E-state index in [-0.39, 0.29) is 17.9 Å². The molecule has 3 heterocycles. The van der Waals surface area contributed by atoms with Crippen LogP contribution in [0, 0.1) is 5.92 Å². The van der Waals surface area contributed by atoms with Gasteiger partial charge in [-0.05, 0) is 43.4 Å². The minimum atomic E-state index is -0.0712. The van der Waals surface area contributed by atoms with Gasteiger partial charge in [0.05, 0.1) is 18.5 Å². The van der Waals surface area contributed by atoms with Gasteiger partial charge in [0.25, 0.3) is 0 Å². The number of hydrogen-bond acceptors (Lipinski definition) is 3. The molecule has 0 saturated carbocycles. The van der Waals surface area contributed by atoms with Crippen LogP contribution in [0.25, 0.3) is 0 Å². The van der Waals surface area contributed by atoms with Gasteiger partial charge in [-0.1, -0.05) is 18.2 Å². The van der Waals surface area contributed by atoms with E-state index in [0.29, 0.717) is 6.61 Å². The Balaban J connectivity index is 1.48. The van der Waals surface area contributed by atoms with Crippen LogP contribution in [-0.4, -0.2) is 39.8 Å². The van der Waals surface area contributed by atoms with Crippen LogP contribution in [0.3, 0.4) is 0 Å². The second-order valence-electron chi connectivity index (χ2n) is 6.73. The number of hydrogen-bond donors (Lipinski definition) is 0. The van der Waals surface area contributed by atoms with Crippen molar-refractivity contribution in [1.82, 2.24) is 14.7 Å². The third-order valence-corrected chi connectivity index (χ3v) is 5.10. The second kappa shape index (κ2) is 6.67. The van der Waals surface area contributed by atoms with Crippen molar-refractivity contribution in [2.75, 3.05) is 13.2 Å². The van der Waals surface area contributed by atoms with E-state index in [1.165, 1.54) is 6.42 Å². The molecule has 0 N–H and O–H groups in total. The highest BCUT2D eigenvalue weighted by Crippen LogP contribution is 2.29. The van der Waals surface area contributed by atoms with Crippen LogP contribution in [-0.2, 0) is 17.8 Å². The molecule has 2 aliphatic rings. The van der Waals surface area contributed by atoms with Gasteiger partial charge >= 0.3 is 0 Å². The summed E-state index contributed by atoms with van der Waals surface area (Å²) in [6.45, 7) is 2.12. The van der Waals surface area contributed by atoms with E-state index in [0.717, 1.165) is 43.7 Å². The molecule has 1 saturated heterocycles. The van der Waals surface area contributed by atoms with E-state index in [1.54, 1.807) is 6.20 Å². The number of carbonyl (C=O) groups is 1. The van der Waals surface area contributed by atoms with Crippen molar-refractivity contribution in [3.8, 4) is 5.75 Å². The summed E-state index contributed by atoms with van der Waals surface area (Å²) in [6.07, 6.45) is 7.86. The highest BCUT2D eigenvalue weighted by atomic mass is 16.5. The Labute approximate surface area is 142 Å². The van der Waals surface area contributed by atoms with Gasteiger partial charge in [0.2, 0.25) is 5.91 Å². The first-order valence-corrected chi connectivity index (χ1v) is 8.80. The van der Waals surface area contributed by atoms with Gasteiger partial charge in [-0.15, -0.1) is 0 Å². The lowest BCUT2D eigenvalue weighted by Gasteiger charge is -2.38. The molecule has 2 unspecified atom stereocenters. The summed E-state index contributed by atoms with van der Waals surface area (Å²) in [5, 5.41) is 4.30. The highest BCUT2D eigenvalue weighted by molar-refractivity contribution is 5.80. The van der Waals surface area contributed by atoms with E-state index in [4.69, 9.17) is 4.74 Å². The minimum absolute atomic E-state index is 0.0712. The first kappa shape index (κ1) is 15.2. The molecule has 0 aliphatic carbocycles. The van der Waals surface area contributed by atoms with Crippen LogP contribution in [0.4, 0.5) is 0 Å². The summed E-state index contributed by atoms with van der Waals surface area (Å²) in [5.74, 6) is 1.09. The number of piperidine rings is 1. The van der Waals surface area contributed by atoms with Crippen LogP contribution < -0.4 is 4.74 Å². The van der Waals surface area contributed by atoms with Crippen LogP contribution in [0.5, 0.6) is 5.75 Å². The topological polar surface area (TPSA) is 47.4 Å². The number of carbonyl (C=O) groups excluding carboxylic acids is 1. The Morgan fingerprint density at radius 3 is 3.04 bits per heavy atom. The molecule has 2 aromatic rings. The maximum atomic E-state index is 13.1. The molecule has 24 heavy (non-hydrogen) atoms. The average molecular weight is 325 g/mol. The van der Waals surface area contributed by atoms with Crippen molar-refractivity contribution in [2.24, 2.45) is 5.92 Å². The van der Waals surface area contributed by atoms with Gasteiger partial charge in [0.1, 0.15) is 12.4 Å². The molecule has 1 fully saturated rings. The molecular weight excluding hydrogens is 302 g/mol. The number of likely N-dealkylation sites (tertiary alicyclic amines) is 1. The molecule has 4 rings (SSSR count). The van der Waals surface area contributed by atoms with Crippen molar-refractivity contribution < 1.29 is 9.53 Å². The Kier molecular flexibility index (Phi) is 4.24. The SMILES string of the molecule is O=C(C1COc2ccccc2C1)N1CCCCC1Cn1cccn1. The predicted octanol–water partition coefficient (Wildman–Crippen LogP) is 2.52. The zero-order valence-electron chi connectivity index (χ0n) is 13.8. The van der Waals surface area contributed by atoms with E-state index in [9.17, 15) is 4.79 Å². The molecule has 2 aliphatic heterocycles. The fraction of sp³-hybridized carbons (Fsp3) is 0.474. The van der Waals surface area contributed by atoms with Crippen LogP contribution in [0.2, 0.25) is 0 Å². The fourth-order valence-corrected chi connectivity index (χ4v) is 3.83. The smallest absolute Gasteiger partial charge is 0.229 e. The van der Waals surface area contributed by atoms with Gasteiger partial charge in [-0.3, -0.25) is 9.48 Å². The molecule has 5 heteroatoms. The number of benzene rings is 1. The molecule has 0 radical (unpaired) electrons. The van der Waals surface area contributed by atoms with Crippen molar-refractivity contribution >= 4 is 5.91 Å². The average Bonchev–Trinajstić information content (AvgIpc) is 3.14. The second-order valence-corrected chi connectivity index (χ2v) is 6.73. The Morgan fingerprint density at radius 1 is 1.25 bits per heavy atom. The highest BCUT2D eigenvalue weighted by Gasteiger charge is 2.34. The number of fused-ring (bicyclic) bond motifs is 1. The zero-order valence-corrected chi connectivity index (χ0v) is 13.8. The van der Waals surface area contributed by atoms with E-state index >= 15 is 0 Å². The van der Waals surface area contributed by atoms with Gasteiger partial charge in [0, 0.05) is 18.9 Å². The molecule has 1 amide bonds. The largest absolute Gasteiger partial charge is 0.492 e. The van der Waals surface area contributed by atoms with Crippen molar-refractivity contribution in [1.29, 1.82) is 0 Å². The molecule has 2 atom stereocenters. The summed E-state index contributed by atoms with van der Waals surface area (Å²) in [6, 6.07) is 10.2. The molecule has 1 aromatic heterocycles. The summed E-state index contributed by atoms with van der Waals surface area (Å²) in [4.78, 5) is 15.2. The normalized spacial score (nSPS) is 23.4. The standard InChI is InChI=1S/C19H23N3O2/c23-19(16-12-15-6-1-2-8-18(15)24-14-16)22-11-4-3-7-17(22)13-21-10-5-9-20-21/h1-2,5-6,8-10,16-17H,3-4,7,11-14H2. The van der Waals surface area contributed by atoms with Crippen LogP contribution >= 0.6 is 0 Å². The number of amides is 1. The summed E-state index contributed by atoms with van der Waals surface area (Å²) >= 11 is 0. The Bertz CT molecular complexity index is 698. The lowest BCUT2D eigenvalue weighted by molar-refractivity contribution is -0.141. The van der Waals surface area contributed by atoms with E-state index in [2.05, 4.69) is 16.1 Å². The van der Waals surface area contributed by atoms with Gasteiger partial charge < -0.3 is 9.64 Å². The maximum absolute atomic E-state index is 13.1. The Hall–Kier alpha value is -2.30. The van der Waals surface area contributed by atoms with E-state index in [1.807, 2.05) is 35.1 Å². The zero-order chi connectivity index (χ0) is 16.4. The molecule has 1 aromatic carbocycles. The number of rotatable bonds is 3. The molecule has 126 valence electrons. The quantitative estimate of drug-likeness (QED) is 0.871. The summed E-state index contributed by atoms with van der Waals surface area (Å²) < 4.78 is 7.76. The molecule has 0 bridgehead atoms. The monoisotopic (exact) mass is 325 g/mol. The van der Waals surface area contributed by atoms with Crippen molar-refractivity contribution in [3.05, 3.63) is 48.3 Å². The first-order chi connectivity index (χ1) is 11.8. The van der Waals surface area contributed by atoms with E-state index < -0.39 is 0 Å². The number of aromatic nitrogens is 2. The fourth-order valence-electron chi connectivity index (χ4n) is 3.83. The minimum Gasteiger partial charge on any atom is -0.492 e. The maximum Gasteiger partial charge on any atom is 0.229 e. The molecule has 0 spiro atoms. The number of nitrogens with zero attached hydrogens (tertiary/aromatic N) is 3. The Morgan fingerprint density at radius 2 is 2.17 bits per heavy atom. The number of para-hydroxylation sites is 1. The van der Waals surface area contributed by atoms with Crippen molar-refractivity contribution in [2.45, 2.75) is 38.3 Å². The lowest BCUT2D eigenvalue weighted by atomic mass is 9.93. The number of ether oxygens (including phenoxy) is 1. The van der Waals surface area contributed by atoms with Crippen LogP contribution in [0.1, 0.15) is 24.8 Å². The summed E-state index contributed by atoms with van der Waals surface area (Å²) in [5.41, 5.74) is 1.14. The third kappa shape index (κ3) is 3.03. The molecule has 5 nitrogen and oxygen atoms in total. The lowest BCUT2D eigenvalue weighted by Crippen LogP contribution is -2.50. The first-order valence-electron chi connectivity index (χ1n) is 8.80. The van der Waals surface area contributed by atoms with Gasteiger partial charge in [-0.2, -0.15) is 5.10 Å². The third-order valence-electron chi connectivity index (χ3n) is 5.10. The van der Waals surface area contributed by atoms with Gasteiger partial charge in [0.15, 0.2) is 0 Å².